The van der Waals surface area contributed by atoms with Gasteiger partial charge in [0.05, 0.1) is 18.2 Å². The zero-order chi connectivity index (χ0) is 25.0. The molecule has 0 saturated carbocycles. The normalized spacial score (nSPS) is 19.9. The van der Waals surface area contributed by atoms with E-state index >= 15 is 0 Å². The molecule has 4 aromatic heterocycles. The van der Waals surface area contributed by atoms with Gasteiger partial charge in [0, 0.05) is 25.2 Å². The summed E-state index contributed by atoms with van der Waals surface area (Å²) in [5.41, 5.74) is 8.78. The molecule has 0 amide bonds. The monoisotopic (exact) mass is 489 g/mol. The Hall–Kier alpha value is -4.33. The van der Waals surface area contributed by atoms with E-state index in [0.29, 0.717) is 11.6 Å². The van der Waals surface area contributed by atoms with Gasteiger partial charge in [-0.25, -0.2) is 9.97 Å². The Bertz CT molecular complexity index is 1640. The van der Waals surface area contributed by atoms with Crippen LogP contribution in [0.5, 0.6) is 0 Å². The Morgan fingerprint density at radius 1 is 1.19 bits per heavy atom. The van der Waals surface area contributed by atoms with Crippen LogP contribution in [0.4, 0.5) is 17.8 Å². The molecule has 1 fully saturated rings. The first kappa shape index (κ1) is 22.2. The van der Waals surface area contributed by atoms with Crippen LogP contribution in [0.1, 0.15) is 12.6 Å². The number of ether oxygens (including phenoxy) is 1. The van der Waals surface area contributed by atoms with Gasteiger partial charge in [-0.1, -0.05) is 30.3 Å². The highest BCUT2D eigenvalue weighted by atomic mass is 16.5. The molecule has 0 spiro atoms. The molecule has 6 N–H and O–H groups in total. The Morgan fingerprint density at radius 3 is 2.75 bits per heavy atom. The number of pyridine rings is 1. The molecule has 1 aromatic carbocycles. The Morgan fingerprint density at radius 2 is 2.00 bits per heavy atom. The molecule has 0 aliphatic carbocycles. The van der Waals surface area contributed by atoms with Crippen molar-refractivity contribution >= 4 is 40.2 Å². The number of rotatable bonds is 5. The van der Waals surface area contributed by atoms with Gasteiger partial charge in [0.15, 0.2) is 16.8 Å². The van der Waals surface area contributed by atoms with Gasteiger partial charge in [-0.05, 0) is 11.6 Å². The van der Waals surface area contributed by atoms with Crippen LogP contribution in [-0.2, 0) is 11.8 Å². The van der Waals surface area contributed by atoms with E-state index in [1.54, 1.807) is 10.8 Å². The summed E-state index contributed by atoms with van der Waals surface area (Å²) in [5.74, 6) is 0.546. The van der Waals surface area contributed by atoms with E-state index in [-0.39, 0.29) is 36.1 Å². The lowest BCUT2D eigenvalue weighted by Gasteiger charge is -2.17. The number of aliphatic hydroxyl groups excluding tert-OH is 2. The number of H-pyrrole nitrogens is 1. The van der Waals surface area contributed by atoms with Crippen molar-refractivity contribution in [2.45, 2.75) is 24.9 Å². The summed E-state index contributed by atoms with van der Waals surface area (Å²) in [5, 5.41) is 23.0. The second kappa shape index (κ2) is 8.41. The molecule has 0 radical (unpaired) electrons. The predicted molar refractivity (Wildman–Crippen MR) is 131 cm³/mol. The second-order valence-electron chi connectivity index (χ2n) is 8.60. The number of nitrogens with zero attached hydrogens (tertiary/aromatic N) is 6. The standard InChI is InChI=1S/C23H23N9O4/c1-31-13-7-12(11-5-3-2-4-6-11)9-25-18(13)27-22(31)30-23-26-17-19(28-21(24)29-20(17)35)32(23)16-8-14(34)15(10-33)36-16/h2-7,9,14-16,33-34H,8,10H2,1H3,(H3,24,28,29,35)(H,25,26,27,30)/t14-,15-,16-/m0/s1. The van der Waals surface area contributed by atoms with E-state index in [9.17, 15) is 15.0 Å². The molecule has 0 unspecified atom stereocenters. The van der Waals surface area contributed by atoms with Gasteiger partial charge in [0.25, 0.3) is 5.56 Å². The zero-order valence-electron chi connectivity index (χ0n) is 19.2. The lowest BCUT2D eigenvalue weighted by atomic mass is 10.1. The quantitative estimate of drug-likeness (QED) is 0.239. The lowest BCUT2D eigenvalue weighted by molar-refractivity contribution is -0.0425. The first-order chi connectivity index (χ1) is 17.4. The smallest absolute Gasteiger partial charge is 0.280 e. The molecule has 36 heavy (non-hydrogen) atoms. The van der Waals surface area contributed by atoms with Gasteiger partial charge >= 0.3 is 0 Å². The maximum Gasteiger partial charge on any atom is 0.280 e. The van der Waals surface area contributed by atoms with Gasteiger partial charge in [-0.2, -0.15) is 9.97 Å². The van der Waals surface area contributed by atoms with E-state index in [0.717, 1.165) is 16.6 Å². The van der Waals surface area contributed by atoms with E-state index in [4.69, 9.17) is 10.5 Å². The minimum absolute atomic E-state index is 0.0421. The van der Waals surface area contributed by atoms with Crippen LogP contribution in [0.25, 0.3) is 33.5 Å². The number of imidazole rings is 2. The highest BCUT2D eigenvalue weighted by Crippen LogP contribution is 2.34. The lowest BCUT2D eigenvalue weighted by Crippen LogP contribution is -2.24. The first-order valence-corrected chi connectivity index (χ1v) is 11.3. The number of hydrogen-bond donors (Lipinski definition) is 5. The number of benzene rings is 1. The van der Waals surface area contributed by atoms with E-state index in [1.165, 1.54) is 0 Å². The Labute approximate surface area is 203 Å². The minimum atomic E-state index is -0.902. The Kier molecular flexibility index (Phi) is 5.17. The van der Waals surface area contributed by atoms with Crippen molar-refractivity contribution in [2.24, 2.45) is 7.05 Å². The van der Waals surface area contributed by atoms with Crippen LogP contribution >= 0.6 is 0 Å². The fourth-order valence-corrected chi connectivity index (χ4v) is 4.47. The van der Waals surface area contributed by atoms with Crippen LogP contribution in [0.15, 0.2) is 47.4 Å². The van der Waals surface area contributed by atoms with Crippen molar-refractivity contribution in [3.05, 3.63) is 52.9 Å². The van der Waals surface area contributed by atoms with E-state index in [2.05, 4.69) is 30.2 Å². The van der Waals surface area contributed by atoms with Crippen molar-refractivity contribution in [1.29, 1.82) is 0 Å². The summed E-state index contributed by atoms with van der Waals surface area (Å²) in [4.78, 5) is 32.8. The first-order valence-electron chi connectivity index (χ1n) is 11.3. The van der Waals surface area contributed by atoms with Gasteiger partial charge < -0.3 is 25.3 Å². The SMILES string of the molecule is Cn1c(Nc2nc3c(=O)[nH]c(N)nc3n2[C@@H]2C[C@H](O)[C@H](CO)O2)nc2ncc(-c3ccccc3)cc21. The molecular formula is C23H23N9O4. The molecule has 1 saturated heterocycles. The van der Waals surface area contributed by atoms with E-state index in [1.807, 2.05) is 48.0 Å². The topological polar surface area (TPSA) is 182 Å². The molecule has 13 nitrogen and oxygen atoms in total. The third-order valence-electron chi connectivity index (χ3n) is 6.31. The maximum absolute atomic E-state index is 12.6. The van der Waals surface area contributed by atoms with Crippen molar-refractivity contribution in [1.82, 2.24) is 34.1 Å². The van der Waals surface area contributed by atoms with Gasteiger partial charge in [0.1, 0.15) is 12.3 Å². The van der Waals surface area contributed by atoms with Crippen LogP contribution in [0.2, 0.25) is 0 Å². The average molecular weight is 489 g/mol. The molecule has 0 bridgehead atoms. The number of nitrogens with one attached hydrogen (secondary N) is 2. The fourth-order valence-electron chi connectivity index (χ4n) is 4.47. The highest BCUT2D eigenvalue weighted by molar-refractivity contribution is 5.82. The number of fused-ring (bicyclic) bond motifs is 2. The molecule has 184 valence electrons. The zero-order valence-corrected chi connectivity index (χ0v) is 19.2. The number of aryl methyl sites for hydroxylation is 1. The predicted octanol–water partition coefficient (Wildman–Crippen LogP) is 1.03. The van der Waals surface area contributed by atoms with E-state index < -0.39 is 24.0 Å². The third-order valence-corrected chi connectivity index (χ3v) is 6.31. The summed E-state index contributed by atoms with van der Waals surface area (Å²) in [6, 6.07) is 11.9. The second-order valence-corrected chi connectivity index (χ2v) is 8.60. The number of nitrogens with two attached hydrogens (primary N) is 1. The molecule has 6 rings (SSSR count). The molecule has 5 aromatic rings. The third kappa shape index (κ3) is 3.57. The summed E-state index contributed by atoms with van der Waals surface area (Å²) in [6.07, 6.45) is -0.518. The van der Waals surface area contributed by atoms with Crippen LogP contribution < -0.4 is 16.6 Å². The van der Waals surface area contributed by atoms with Crippen LogP contribution in [-0.4, -0.2) is 63.1 Å². The van der Waals surface area contributed by atoms with Gasteiger partial charge in [-0.3, -0.25) is 19.7 Å². The summed E-state index contributed by atoms with van der Waals surface area (Å²) in [6.45, 7) is -0.358. The molecule has 1 aliphatic rings. The summed E-state index contributed by atoms with van der Waals surface area (Å²) in [7, 11) is 1.84. The number of aliphatic hydroxyl groups is 2. The van der Waals surface area contributed by atoms with Crippen molar-refractivity contribution < 1.29 is 14.9 Å². The van der Waals surface area contributed by atoms with Crippen molar-refractivity contribution in [3.8, 4) is 11.1 Å². The van der Waals surface area contributed by atoms with Crippen molar-refractivity contribution in [3.63, 3.8) is 0 Å². The average Bonchev–Trinajstić information content (AvgIpc) is 3.52. The van der Waals surface area contributed by atoms with Crippen molar-refractivity contribution in [2.75, 3.05) is 17.7 Å². The molecule has 5 heterocycles. The minimum Gasteiger partial charge on any atom is -0.394 e. The number of aromatic amines is 1. The van der Waals surface area contributed by atoms with Gasteiger partial charge in [0.2, 0.25) is 17.8 Å². The van der Waals surface area contributed by atoms with Crippen LogP contribution in [0.3, 0.4) is 0 Å². The number of aromatic nitrogens is 7. The van der Waals surface area contributed by atoms with Gasteiger partial charge in [-0.15, -0.1) is 0 Å². The maximum atomic E-state index is 12.6. The Balaban J connectivity index is 1.45. The highest BCUT2D eigenvalue weighted by Gasteiger charge is 2.37. The van der Waals surface area contributed by atoms with Crippen LogP contribution in [0, 0.1) is 0 Å². The molecular weight excluding hydrogens is 466 g/mol. The number of nitrogen functional groups attached to an aromatic ring is 1. The summed E-state index contributed by atoms with van der Waals surface area (Å²) >= 11 is 0. The number of hydrogen-bond acceptors (Lipinski definition) is 10. The molecule has 1 aliphatic heterocycles. The summed E-state index contributed by atoms with van der Waals surface area (Å²) < 4.78 is 9.21. The fraction of sp³-hybridized carbons (Fsp3) is 0.261. The molecule has 3 atom stereocenters. The largest absolute Gasteiger partial charge is 0.394 e. The number of anilines is 3. The molecule has 13 heteroatoms.